The minimum atomic E-state index is -0.292. The number of aromatic nitrogens is 1. The van der Waals surface area contributed by atoms with Crippen LogP contribution in [0.15, 0.2) is 5.38 Å². The molecule has 0 aliphatic rings. The Balaban J connectivity index is 2.91. The number of thiazole rings is 1. The molecule has 0 radical (unpaired) electrons. The standard InChI is InChI=1S/C13H24N2OS/c1-7-14-12(3,4)10-9-17-11(15-10)13(5,6)16-8-2/h9,14H,7-8H2,1-6H3. The van der Waals surface area contributed by atoms with Crippen molar-refractivity contribution >= 4 is 11.3 Å². The van der Waals surface area contributed by atoms with Crippen molar-refractivity contribution < 1.29 is 4.74 Å². The minimum absolute atomic E-state index is 0.0776. The zero-order valence-electron chi connectivity index (χ0n) is 11.8. The summed E-state index contributed by atoms with van der Waals surface area (Å²) in [6, 6.07) is 0. The number of hydrogen-bond donors (Lipinski definition) is 1. The Bertz CT molecular complexity index is 326. The van der Waals surface area contributed by atoms with Crippen LogP contribution in [0.25, 0.3) is 0 Å². The maximum atomic E-state index is 5.73. The van der Waals surface area contributed by atoms with Gasteiger partial charge in [-0.3, -0.25) is 0 Å². The van der Waals surface area contributed by atoms with Gasteiger partial charge in [0.15, 0.2) is 0 Å². The van der Waals surface area contributed by atoms with Crippen molar-refractivity contribution in [1.29, 1.82) is 0 Å². The van der Waals surface area contributed by atoms with Gasteiger partial charge in [0.2, 0.25) is 0 Å². The van der Waals surface area contributed by atoms with Gasteiger partial charge in [0, 0.05) is 12.0 Å². The highest BCUT2D eigenvalue weighted by molar-refractivity contribution is 7.09. The number of ether oxygens (including phenoxy) is 1. The van der Waals surface area contributed by atoms with E-state index >= 15 is 0 Å². The zero-order valence-corrected chi connectivity index (χ0v) is 12.6. The Morgan fingerprint density at radius 2 is 1.94 bits per heavy atom. The minimum Gasteiger partial charge on any atom is -0.369 e. The van der Waals surface area contributed by atoms with Gasteiger partial charge in [-0.2, -0.15) is 0 Å². The number of rotatable bonds is 6. The summed E-state index contributed by atoms with van der Waals surface area (Å²) in [7, 11) is 0. The number of nitrogens with zero attached hydrogens (tertiary/aromatic N) is 1. The van der Waals surface area contributed by atoms with E-state index in [1.54, 1.807) is 11.3 Å². The van der Waals surface area contributed by atoms with E-state index in [1.165, 1.54) is 0 Å². The summed E-state index contributed by atoms with van der Waals surface area (Å²) in [4.78, 5) is 4.72. The van der Waals surface area contributed by atoms with Crippen LogP contribution in [-0.4, -0.2) is 18.1 Å². The van der Waals surface area contributed by atoms with Gasteiger partial charge >= 0.3 is 0 Å². The highest BCUT2D eigenvalue weighted by atomic mass is 32.1. The summed E-state index contributed by atoms with van der Waals surface area (Å²) in [6.45, 7) is 14.2. The van der Waals surface area contributed by atoms with Gasteiger partial charge in [0.05, 0.1) is 11.2 Å². The third-order valence-corrected chi connectivity index (χ3v) is 3.93. The van der Waals surface area contributed by atoms with Crippen molar-refractivity contribution in [2.24, 2.45) is 0 Å². The lowest BCUT2D eigenvalue weighted by Crippen LogP contribution is -2.36. The van der Waals surface area contributed by atoms with Gasteiger partial charge in [-0.1, -0.05) is 6.92 Å². The van der Waals surface area contributed by atoms with Gasteiger partial charge in [-0.25, -0.2) is 4.98 Å². The molecule has 98 valence electrons. The van der Waals surface area contributed by atoms with E-state index in [-0.39, 0.29) is 11.1 Å². The van der Waals surface area contributed by atoms with E-state index in [1.807, 2.05) is 6.92 Å². The van der Waals surface area contributed by atoms with Crippen molar-refractivity contribution in [1.82, 2.24) is 10.3 Å². The highest BCUT2D eigenvalue weighted by Crippen LogP contribution is 2.30. The molecule has 0 fully saturated rings. The molecule has 0 saturated carbocycles. The van der Waals surface area contributed by atoms with E-state index in [2.05, 4.69) is 45.3 Å². The lowest BCUT2D eigenvalue weighted by molar-refractivity contribution is -0.0143. The second-order valence-electron chi connectivity index (χ2n) is 5.14. The molecule has 0 unspecified atom stereocenters. The van der Waals surface area contributed by atoms with Crippen molar-refractivity contribution in [3.05, 3.63) is 16.1 Å². The Morgan fingerprint density at radius 1 is 1.29 bits per heavy atom. The zero-order chi connectivity index (χ0) is 13.1. The molecule has 1 rings (SSSR count). The molecule has 0 aliphatic carbocycles. The number of hydrogen-bond acceptors (Lipinski definition) is 4. The van der Waals surface area contributed by atoms with Crippen LogP contribution in [0.1, 0.15) is 52.2 Å². The average molecular weight is 256 g/mol. The van der Waals surface area contributed by atoms with Gasteiger partial charge in [0.1, 0.15) is 10.6 Å². The van der Waals surface area contributed by atoms with Crippen molar-refractivity contribution in [3.63, 3.8) is 0 Å². The molecule has 0 atom stereocenters. The Morgan fingerprint density at radius 3 is 2.47 bits per heavy atom. The predicted octanol–water partition coefficient (Wildman–Crippen LogP) is 3.26. The maximum Gasteiger partial charge on any atom is 0.124 e. The first-order valence-electron chi connectivity index (χ1n) is 6.19. The molecule has 0 saturated heterocycles. The predicted molar refractivity (Wildman–Crippen MR) is 73.5 cm³/mol. The van der Waals surface area contributed by atoms with Crippen LogP contribution < -0.4 is 5.32 Å². The summed E-state index contributed by atoms with van der Waals surface area (Å²) in [6.07, 6.45) is 0. The monoisotopic (exact) mass is 256 g/mol. The lowest BCUT2D eigenvalue weighted by atomic mass is 10.0. The van der Waals surface area contributed by atoms with Crippen molar-refractivity contribution in [2.75, 3.05) is 13.2 Å². The van der Waals surface area contributed by atoms with Crippen LogP contribution in [0, 0.1) is 0 Å². The van der Waals surface area contributed by atoms with Gasteiger partial charge in [-0.15, -0.1) is 11.3 Å². The second-order valence-corrected chi connectivity index (χ2v) is 5.99. The molecule has 1 N–H and O–H groups in total. The molecule has 1 heterocycles. The summed E-state index contributed by atoms with van der Waals surface area (Å²) in [5.41, 5.74) is 0.721. The molecule has 1 aromatic rings. The molecule has 0 spiro atoms. The molecular weight excluding hydrogens is 232 g/mol. The molecule has 1 aromatic heterocycles. The van der Waals surface area contributed by atoms with Crippen LogP contribution >= 0.6 is 11.3 Å². The SMILES string of the molecule is CCNC(C)(C)c1csc(C(C)(C)OCC)n1. The Hall–Kier alpha value is -0.450. The van der Waals surface area contributed by atoms with Gasteiger partial charge in [-0.05, 0) is 41.2 Å². The molecular formula is C13H24N2OS. The fourth-order valence-electron chi connectivity index (χ4n) is 1.79. The molecule has 0 aliphatic heterocycles. The van der Waals surface area contributed by atoms with Crippen molar-refractivity contribution in [2.45, 2.75) is 52.7 Å². The quantitative estimate of drug-likeness (QED) is 0.848. The summed E-state index contributed by atoms with van der Waals surface area (Å²) in [5.74, 6) is 0. The van der Waals surface area contributed by atoms with E-state index < -0.39 is 0 Å². The first-order chi connectivity index (χ1) is 7.83. The molecule has 0 aromatic carbocycles. The second kappa shape index (κ2) is 5.46. The average Bonchev–Trinajstić information content (AvgIpc) is 2.67. The molecule has 17 heavy (non-hydrogen) atoms. The van der Waals surface area contributed by atoms with Crippen LogP contribution in [-0.2, 0) is 15.9 Å². The number of nitrogens with one attached hydrogen (secondary N) is 1. The van der Waals surface area contributed by atoms with E-state index in [9.17, 15) is 0 Å². The van der Waals surface area contributed by atoms with Crippen LogP contribution in [0.2, 0.25) is 0 Å². The molecule has 4 heteroatoms. The summed E-state index contributed by atoms with van der Waals surface area (Å²) >= 11 is 1.67. The first-order valence-corrected chi connectivity index (χ1v) is 7.07. The lowest BCUT2D eigenvalue weighted by Gasteiger charge is -2.25. The summed E-state index contributed by atoms with van der Waals surface area (Å²) < 4.78 is 5.73. The van der Waals surface area contributed by atoms with Crippen LogP contribution in [0.5, 0.6) is 0 Å². The fraction of sp³-hybridized carbons (Fsp3) is 0.769. The van der Waals surface area contributed by atoms with Gasteiger partial charge in [0.25, 0.3) is 0 Å². The molecule has 0 amide bonds. The topological polar surface area (TPSA) is 34.1 Å². The van der Waals surface area contributed by atoms with Crippen LogP contribution in [0.3, 0.4) is 0 Å². The third kappa shape index (κ3) is 3.50. The third-order valence-electron chi connectivity index (χ3n) is 2.78. The van der Waals surface area contributed by atoms with E-state index in [0.717, 1.165) is 17.2 Å². The van der Waals surface area contributed by atoms with Crippen LogP contribution in [0.4, 0.5) is 0 Å². The Kier molecular flexibility index (Phi) is 4.69. The van der Waals surface area contributed by atoms with Crippen molar-refractivity contribution in [3.8, 4) is 0 Å². The molecule has 3 nitrogen and oxygen atoms in total. The first kappa shape index (κ1) is 14.6. The highest BCUT2D eigenvalue weighted by Gasteiger charge is 2.28. The Labute approximate surface area is 109 Å². The smallest absolute Gasteiger partial charge is 0.124 e. The fourth-order valence-corrected chi connectivity index (χ4v) is 2.86. The summed E-state index contributed by atoms with van der Waals surface area (Å²) in [5, 5.41) is 6.60. The normalized spacial score (nSPS) is 13.1. The maximum absolute atomic E-state index is 5.73. The molecule has 0 bridgehead atoms. The van der Waals surface area contributed by atoms with Gasteiger partial charge < -0.3 is 10.1 Å². The largest absolute Gasteiger partial charge is 0.369 e. The van der Waals surface area contributed by atoms with E-state index in [4.69, 9.17) is 9.72 Å². The van der Waals surface area contributed by atoms with E-state index in [0.29, 0.717) is 6.61 Å².